The quantitative estimate of drug-likeness (QED) is 0.692. The summed E-state index contributed by atoms with van der Waals surface area (Å²) in [7, 11) is 0. The molecule has 0 saturated carbocycles. The molecule has 0 aromatic rings. The Balaban J connectivity index is 1.59. The number of fused-ring (bicyclic) bond motifs is 2. The molecule has 3 saturated heterocycles. The molecule has 6 heteroatoms. The van der Waals surface area contributed by atoms with Gasteiger partial charge in [-0.1, -0.05) is 0 Å². The standard InChI is InChI=1S/C10H14N2O3S/c13-9(5-11-1-2-15-10(11)14)12-4-8-3-7(12)6-16-8/h7-8H,1-6H2/t7-,8+/m0/s1. The van der Waals surface area contributed by atoms with Crippen molar-refractivity contribution in [3.63, 3.8) is 0 Å². The largest absolute Gasteiger partial charge is 0.448 e. The predicted molar refractivity (Wildman–Crippen MR) is 59.3 cm³/mol. The highest BCUT2D eigenvalue weighted by Crippen LogP contribution is 2.37. The van der Waals surface area contributed by atoms with E-state index in [-0.39, 0.29) is 18.5 Å². The van der Waals surface area contributed by atoms with E-state index in [2.05, 4.69) is 0 Å². The van der Waals surface area contributed by atoms with Crippen LogP contribution < -0.4 is 0 Å². The number of amides is 2. The Morgan fingerprint density at radius 3 is 3.00 bits per heavy atom. The van der Waals surface area contributed by atoms with Crippen LogP contribution in [0.4, 0.5) is 4.79 Å². The van der Waals surface area contributed by atoms with Crippen molar-refractivity contribution in [1.82, 2.24) is 9.80 Å². The number of carbonyl (C=O) groups excluding carboxylic acids is 2. The molecule has 3 aliphatic heterocycles. The Labute approximate surface area is 98.1 Å². The van der Waals surface area contributed by atoms with Crippen molar-refractivity contribution in [1.29, 1.82) is 0 Å². The minimum absolute atomic E-state index is 0.0756. The molecule has 0 unspecified atom stereocenters. The number of nitrogens with zero attached hydrogens (tertiary/aromatic N) is 2. The van der Waals surface area contributed by atoms with E-state index in [0.717, 1.165) is 18.7 Å². The monoisotopic (exact) mass is 242 g/mol. The van der Waals surface area contributed by atoms with Gasteiger partial charge in [-0.05, 0) is 6.42 Å². The molecular formula is C10H14N2O3S. The first-order valence-electron chi connectivity index (χ1n) is 5.57. The van der Waals surface area contributed by atoms with E-state index in [0.29, 0.717) is 24.4 Å². The number of hydrogen-bond acceptors (Lipinski definition) is 4. The Morgan fingerprint density at radius 2 is 2.44 bits per heavy atom. The minimum atomic E-state index is -0.355. The van der Waals surface area contributed by atoms with Gasteiger partial charge in [-0.15, -0.1) is 0 Å². The van der Waals surface area contributed by atoms with E-state index < -0.39 is 0 Å². The summed E-state index contributed by atoms with van der Waals surface area (Å²) in [6.07, 6.45) is 0.771. The Bertz CT molecular complexity index is 336. The van der Waals surface area contributed by atoms with E-state index in [9.17, 15) is 9.59 Å². The maximum absolute atomic E-state index is 12.0. The summed E-state index contributed by atoms with van der Waals surface area (Å²) in [5.74, 6) is 1.13. The van der Waals surface area contributed by atoms with Crippen LogP contribution in [0.2, 0.25) is 0 Å². The van der Waals surface area contributed by atoms with Gasteiger partial charge in [0.1, 0.15) is 13.2 Å². The normalized spacial score (nSPS) is 32.4. The average molecular weight is 242 g/mol. The van der Waals surface area contributed by atoms with Gasteiger partial charge in [-0.2, -0.15) is 11.8 Å². The van der Waals surface area contributed by atoms with E-state index in [4.69, 9.17) is 4.74 Å². The molecule has 0 N–H and O–H groups in total. The van der Waals surface area contributed by atoms with Gasteiger partial charge < -0.3 is 9.64 Å². The lowest BCUT2D eigenvalue weighted by molar-refractivity contribution is -0.132. The summed E-state index contributed by atoms with van der Waals surface area (Å²) in [6, 6.07) is 0.404. The zero-order valence-corrected chi connectivity index (χ0v) is 9.74. The summed E-state index contributed by atoms with van der Waals surface area (Å²) in [5, 5.41) is 0.625. The second kappa shape index (κ2) is 3.84. The van der Waals surface area contributed by atoms with E-state index in [1.54, 1.807) is 0 Å². The number of thioether (sulfide) groups is 1. The molecule has 16 heavy (non-hydrogen) atoms. The van der Waals surface area contributed by atoms with Crippen LogP contribution in [-0.4, -0.2) is 65.1 Å². The number of rotatable bonds is 2. The molecule has 0 aromatic carbocycles. The topological polar surface area (TPSA) is 49.9 Å². The summed E-state index contributed by atoms with van der Waals surface area (Å²) >= 11 is 1.96. The lowest BCUT2D eigenvalue weighted by Gasteiger charge is -2.28. The maximum atomic E-state index is 12.0. The van der Waals surface area contributed by atoms with Crippen LogP contribution in [0.3, 0.4) is 0 Å². The molecule has 3 fully saturated rings. The van der Waals surface area contributed by atoms with Crippen LogP contribution in [0.1, 0.15) is 6.42 Å². The minimum Gasteiger partial charge on any atom is -0.448 e. The maximum Gasteiger partial charge on any atom is 0.410 e. The van der Waals surface area contributed by atoms with E-state index in [1.807, 2.05) is 16.7 Å². The molecule has 2 bridgehead atoms. The van der Waals surface area contributed by atoms with Crippen LogP contribution in [0.5, 0.6) is 0 Å². The zero-order valence-electron chi connectivity index (χ0n) is 8.92. The number of ether oxygens (including phenoxy) is 1. The first kappa shape index (κ1) is 10.3. The van der Waals surface area contributed by atoms with Gasteiger partial charge in [0.15, 0.2) is 0 Å². The van der Waals surface area contributed by atoms with Gasteiger partial charge in [0.2, 0.25) is 5.91 Å². The summed E-state index contributed by atoms with van der Waals surface area (Å²) < 4.78 is 4.80. The van der Waals surface area contributed by atoms with Crippen LogP contribution in [-0.2, 0) is 9.53 Å². The van der Waals surface area contributed by atoms with Crippen molar-refractivity contribution in [2.45, 2.75) is 17.7 Å². The van der Waals surface area contributed by atoms with Crippen molar-refractivity contribution in [3.8, 4) is 0 Å². The van der Waals surface area contributed by atoms with Crippen molar-refractivity contribution < 1.29 is 14.3 Å². The highest BCUT2D eigenvalue weighted by molar-refractivity contribution is 8.00. The van der Waals surface area contributed by atoms with Gasteiger partial charge in [0.25, 0.3) is 0 Å². The van der Waals surface area contributed by atoms with Crippen LogP contribution in [0.25, 0.3) is 0 Å². The third kappa shape index (κ3) is 1.65. The lowest BCUT2D eigenvalue weighted by Crippen LogP contribution is -2.45. The van der Waals surface area contributed by atoms with Crippen molar-refractivity contribution in [2.75, 3.05) is 32.0 Å². The summed E-state index contributed by atoms with van der Waals surface area (Å²) in [4.78, 5) is 26.6. The fraction of sp³-hybridized carbons (Fsp3) is 0.800. The summed E-state index contributed by atoms with van der Waals surface area (Å²) in [6.45, 7) is 2.00. The molecule has 2 amide bonds. The third-order valence-electron chi connectivity index (χ3n) is 3.39. The molecule has 3 aliphatic rings. The second-order valence-corrected chi connectivity index (χ2v) is 5.76. The van der Waals surface area contributed by atoms with Crippen molar-refractivity contribution in [3.05, 3.63) is 0 Å². The van der Waals surface area contributed by atoms with Crippen molar-refractivity contribution >= 4 is 23.8 Å². The molecule has 3 heterocycles. The van der Waals surface area contributed by atoms with E-state index >= 15 is 0 Å². The number of carbonyl (C=O) groups is 2. The molecule has 88 valence electrons. The van der Waals surface area contributed by atoms with Gasteiger partial charge in [0.05, 0.1) is 6.54 Å². The lowest BCUT2D eigenvalue weighted by atomic mass is 10.2. The Hall–Kier alpha value is -0.910. The van der Waals surface area contributed by atoms with Gasteiger partial charge in [-0.3, -0.25) is 9.69 Å². The fourth-order valence-corrected chi connectivity index (χ4v) is 3.96. The van der Waals surface area contributed by atoms with Gasteiger partial charge in [0, 0.05) is 23.6 Å². The smallest absolute Gasteiger partial charge is 0.410 e. The molecule has 3 rings (SSSR count). The van der Waals surface area contributed by atoms with Crippen LogP contribution in [0.15, 0.2) is 0 Å². The number of hydrogen-bond donors (Lipinski definition) is 0. The third-order valence-corrected chi connectivity index (χ3v) is 4.78. The highest BCUT2D eigenvalue weighted by Gasteiger charge is 2.41. The van der Waals surface area contributed by atoms with Crippen molar-refractivity contribution in [2.24, 2.45) is 0 Å². The molecule has 2 atom stereocenters. The molecule has 0 aliphatic carbocycles. The molecule has 0 spiro atoms. The number of cyclic esters (lactones) is 1. The highest BCUT2D eigenvalue weighted by atomic mass is 32.2. The van der Waals surface area contributed by atoms with Gasteiger partial charge >= 0.3 is 6.09 Å². The van der Waals surface area contributed by atoms with Crippen LogP contribution >= 0.6 is 11.8 Å². The Morgan fingerprint density at radius 1 is 1.56 bits per heavy atom. The molecule has 0 aromatic heterocycles. The molecule has 5 nitrogen and oxygen atoms in total. The first-order valence-corrected chi connectivity index (χ1v) is 6.61. The van der Waals surface area contributed by atoms with Gasteiger partial charge in [-0.25, -0.2) is 4.79 Å². The molecular weight excluding hydrogens is 228 g/mol. The Kier molecular flexibility index (Phi) is 2.46. The second-order valence-electron chi connectivity index (χ2n) is 4.43. The first-order chi connectivity index (χ1) is 7.74. The fourth-order valence-electron chi connectivity index (χ4n) is 2.53. The predicted octanol–water partition coefficient (Wildman–Crippen LogP) is 0.155. The van der Waals surface area contributed by atoms with E-state index in [1.165, 1.54) is 4.90 Å². The molecule has 0 radical (unpaired) electrons. The average Bonchev–Trinajstić information content (AvgIpc) is 2.95. The SMILES string of the molecule is O=C1OCCN1CC(=O)N1C[C@H]2C[C@H]1CS2. The van der Waals surface area contributed by atoms with Crippen LogP contribution in [0, 0.1) is 0 Å². The number of likely N-dealkylation sites (tertiary alicyclic amines) is 1. The summed E-state index contributed by atoms with van der Waals surface area (Å²) in [5.41, 5.74) is 0. The zero-order chi connectivity index (χ0) is 11.1.